The van der Waals surface area contributed by atoms with Crippen molar-refractivity contribution in [2.45, 2.75) is 24.5 Å². The van der Waals surface area contributed by atoms with Crippen molar-refractivity contribution in [1.82, 2.24) is 9.29 Å². The number of hydrogen-bond acceptors (Lipinski definition) is 5. The molecule has 0 aliphatic rings. The van der Waals surface area contributed by atoms with E-state index in [2.05, 4.69) is 4.98 Å². The second kappa shape index (κ2) is 5.39. The van der Waals surface area contributed by atoms with Gasteiger partial charge in [-0.2, -0.15) is 9.57 Å². The Morgan fingerprint density at radius 3 is 2.75 bits per heavy atom. The highest BCUT2D eigenvalue weighted by atomic mass is 32.2. The Bertz CT molecular complexity index is 487. The molecule has 5 nitrogen and oxygen atoms in total. The number of aromatic nitrogens is 1. The van der Waals surface area contributed by atoms with Gasteiger partial charge < -0.3 is 0 Å². The van der Waals surface area contributed by atoms with E-state index in [1.807, 2.05) is 13.0 Å². The number of sulfonamides is 1. The van der Waals surface area contributed by atoms with Gasteiger partial charge in [0.25, 0.3) is 10.0 Å². The summed E-state index contributed by atoms with van der Waals surface area (Å²) in [6.07, 6.45) is 2.02. The minimum absolute atomic E-state index is 0.118. The molecule has 0 aliphatic heterocycles. The molecule has 0 N–H and O–H groups in total. The molecule has 7 heteroatoms. The van der Waals surface area contributed by atoms with Crippen LogP contribution in [0.1, 0.15) is 18.4 Å². The van der Waals surface area contributed by atoms with E-state index in [0.717, 1.165) is 11.3 Å². The summed E-state index contributed by atoms with van der Waals surface area (Å²) in [5, 5.41) is 9.31. The van der Waals surface area contributed by atoms with Gasteiger partial charge in [-0.15, -0.1) is 11.3 Å². The maximum Gasteiger partial charge on any atom is 0.255 e. The molecule has 0 bridgehead atoms. The highest BCUT2D eigenvalue weighted by Gasteiger charge is 2.25. The molecule has 0 saturated heterocycles. The van der Waals surface area contributed by atoms with Crippen molar-refractivity contribution in [2.75, 3.05) is 13.1 Å². The van der Waals surface area contributed by atoms with E-state index in [1.54, 1.807) is 6.92 Å². The van der Waals surface area contributed by atoms with Gasteiger partial charge in [0.1, 0.15) is 6.54 Å². The summed E-state index contributed by atoms with van der Waals surface area (Å²) < 4.78 is 25.5. The van der Waals surface area contributed by atoms with Gasteiger partial charge in [-0.25, -0.2) is 13.4 Å². The Labute approximate surface area is 99.4 Å². The predicted molar refractivity (Wildman–Crippen MR) is 61.5 cm³/mol. The van der Waals surface area contributed by atoms with E-state index in [9.17, 15) is 8.42 Å². The van der Waals surface area contributed by atoms with Crippen LogP contribution in [0.15, 0.2) is 10.4 Å². The summed E-state index contributed by atoms with van der Waals surface area (Å²) >= 11 is 1.12. The van der Waals surface area contributed by atoms with Gasteiger partial charge in [0.15, 0.2) is 4.21 Å². The first kappa shape index (κ1) is 13.1. The zero-order chi connectivity index (χ0) is 12.2. The standard InChI is InChI=1S/C9H13N3O2S2/c1-3-5-12(6-4-10)16(13,14)9-7-11-8(2)15-9/h7H,3,5-6H2,1-2H3. The fourth-order valence-electron chi connectivity index (χ4n) is 1.20. The van der Waals surface area contributed by atoms with Crippen LogP contribution in [0.25, 0.3) is 0 Å². The highest BCUT2D eigenvalue weighted by molar-refractivity contribution is 7.91. The second-order valence-electron chi connectivity index (χ2n) is 3.20. The first-order valence-corrected chi connectivity index (χ1v) is 7.07. The molecule has 16 heavy (non-hydrogen) atoms. The third-order valence-electron chi connectivity index (χ3n) is 1.91. The van der Waals surface area contributed by atoms with Crippen molar-refractivity contribution < 1.29 is 8.42 Å². The molecule has 0 spiro atoms. The monoisotopic (exact) mass is 259 g/mol. The maximum atomic E-state index is 12.1. The molecular weight excluding hydrogens is 246 g/mol. The van der Waals surface area contributed by atoms with Gasteiger partial charge in [-0.3, -0.25) is 0 Å². The minimum atomic E-state index is -3.54. The lowest BCUT2D eigenvalue weighted by atomic mass is 10.5. The number of aryl methyl sites for hydroxylation is 1. The zero-order valence-electron chi connectivity index (χ0n) is 9.17. The van der Waals surface area contributed by atoms with E-state index in [0.29, 0.717) is 18.0 Å². The first-order valence-electron chi connectivity index (χ1n) is 4.82. The Balaban J connectivity index is 3.03. The summed E-state index contributed by atoms with van der Waals surface area (Å²) in [7, 11) is -3.54. The van der Waals surface area contributed by atoms with Crippen LogP contribution in [-0.2, 0) is 10.0 Å². The maximum absolute atomic E-state index is 12.1. The van der Waals surface area contributed by atoms with Crippen molar-refractivity contribution in [3.05, 3.63) is 11.2 Å². The van der Waals surface area contributed by atoms with Gasteiger partial charge in [-0.05, 0) is 13.3 Å². The SMILES string of the molecule is CCCN(CC#N)S(=O)(=O)c1cnc(C)s1. The smallest absolute Gasteiger partial charge is 0.249 e. The Morgan fingerprint density at radius 2 is 2.31 bits per heavy atom. The molecule has 1 heterocycles. The highest BCUT2D eigenvalue weighted by Crippen LogP contribution is 2.22. The first-order chi connectivity index (χ1) is 7.52. The Hall–Kier alpha value is -0.970. The summed E-state index contributed by atoms with van der Waals surface area (Å²) in [6, 6.07) is 1.87. The summed E-state index contributed by atoms with van der Waals surface area (Å²) in [5.41, 5.74) is 0. The number of thiazole rings is 1. The number of rotatable bonds is 5. The molecule has 0 saturated carbocycles. The molecule has 1 rings (SSSR count). The third kappa shape index (κ3) is 2.78. The quantitative estimate of drug-likeness (QED) is 0.749. The predicted octanol–water partition coefficient (Wildman–Crippen LogP) is 1.38. The number of nitriles is 1. The van der Waals surface area contributed by atoms with Crippen LogP contribution in [0.3, 0.4) is 0 Å². The van der Waals surface area contributed by atoms with E-state index in [-0.39, 0.29) is 10.8 Å². The molecular formula is C9H13N3O2S2. The van der Waals surface area contributed by atoms with Crippen LogP contribution in [-0.4, -0.2) is 30.8 Å². The topological polar surface area (TPSA) is 74.1 Å². The van der Waals surface area contributed by atoms with Gasteiger partial charge in [0, 0.05) is 6.54 Å². The van der Waals surface area contributed by atoms with Crippen LogP contribution in [0, 0.1) is 18.3 Å². The summed E-state index contributed by atoms with van der Waals surface area (Å²) in [6.45, 7) is 3.86. The largest absolute Gasteiger partial charge is 0.255 e. The fraction of sp³-hybridized carbons (Fsp3) is 0.556. The lowest BCUT2D eigenvalue weighted by molar-refractivity contribution is 0.445. The normalized spacial score (nSPS) is 11.6. The van der Waals surface area contributed by atoms with Crippen molar-refractivity contribution in [3.63, 3.8) is 0 Å². The average molecular weight is 259 g/mol. The molecule has 0 radical (unpaired) electrons. The molecule has 1 aromatic heterocycles. The average Bonchev–Trinajstić information content (AvgIpc) is 2.65. The third-order valence-corrected chi connectivity index (χ3v) is 5.11. The fourth-order valence-corrected chi connectivity index (χ4v) is 3.89. The second-order valence-corrected chi connectivity index (χ2v) is 6.59. The molecule has 0 aliphatic carbocycles. The molecule has 88 valence electrons. The Morgan fingerprint density at radius 1 is 1.62 bits per heavy atom. The summed E-state index contributed by atoms with van der Waals surface area (Å²) in [5.74, 6) is 0. The summed E-state index contributed by atoms with van der Waals surface area (Å²) in [4.78, 5) is 3.92. The zero-order valence-corrected chi connectivity index (χ0v) is 10.8. The lowest BCUT2D eigenvalue weighted by Crippen LogP contribution is -2.31. The van der Waals surface area contributed by atoms with Crippen molar-refractivity contribution >= 4 is 21.4 Å². The van der Waals surface area contributed by atoms with E-state index in [4.69, 9.17) is 5.26 Å². The lowest BCUT2D eigenvalue weighted by Gasteiger charge is -2.16. The van der Waals surface area contributed by atoms with Gasteiger partial charge in [0.05, 0.1) is 17.3 Å². The van der Waals surface area contributed by atoms with Crippen molar-refractivity contribution in [2.24, 2.45) is 0 Å². The van der Waals surface area contributed by atoms with E-state index >= 15 is 0 Å². The minimum Gasteiger partial charge on any atom is -0.249 e. The Kier molecular flexibility index (Phi) is 4.41. The number of nitrogens with zero attached hydrogens (tertiary/aromatic N) is 3. The molecule has 0 amide bonds. The van der Waals surface area contributed by atoms with Crippen LogP contribution < -0.4 is 0 Å². The van der Waals surface area contributed by atoms with Crippen LogP contribution in [0.4, 0.5) is 0 Å². The van der Waals surface area contributed by atoms with Crippen LogP contribution in [0.5, 0.6) is 0 Å². The van der Waals surface area contributed by atoms with Crippen LogP contribution in [0.2, 0.25) is 0 Å². The van der Waals surface area contributed by atoms with E-state index in [1.165, 1.54) is 10.5 Å². The molecule has 0 fully saturated rings. The van der Waals surface area contributed by atoms with Crippen molar-refractivity contribution in [3.8, 4) is 6.07 Å². The van der Waals surface area contributed by atoms with Crippen molar-refractivity contribution in [1.29, 1.82) is 5.26 Å². The molecule has 0 atom stereocenters. The van der Waals surface area contributed by atoms with Crippen LogP contribution >= 0.6 is 11.3 Å². The molecule has 0 aromatic carbocycles. The molecule has 0 unspecified atom stereocenters. The number of hydrogen-bond donors (Lipinski definition) is 0. The van der Waals surface area contributed by atoms with Gasteiger partial charge in [-0.1, -0.05) is 6.92 Å². The van der Waals surface area contributed by atoms with E-state index < -0.39 is 10.0 Å². The molecule has 1 aromatic rings. The van der Waals surface area contributed by atoms with Gasteiger partial charge in [0.2, 0.25) is 0 Å². The van der Waals surface area contributed by atoms with Gasteiger partial charge >= 0.3 is 0 Å².